The van der Waals surface area contributed by atoms with Crippen molar-refractivity contribution in [3.05, 3.63) is 25.3 Å². The van der Waals surface area contributed by atoms with E-state index in [1.807, 2.05) is 22.5 Å². The Balaban J connectivity index is 0.00000497. The zero-order chi connectivity index (χ0) is 37.7. The molecule has 3 N–H and O–H groups in total. The summed E-state index contributed by atoms with van der Waals surface area (Å²) in [5.74, 6) is 1.23. The highest BCUT2D eigenvalue weighted by atomic mass is 35.5. The fraction of sp³-hybridized carbons (Fsp3) is 0.750. The third kappa shape index (κ3) is 6.96. The fourth-order valence-corrected chi connectivity index (χ4v) is 11.1. The van der Waals surface area contributed by atoms with Crippen LogP contribution >= 0.6 is 12.4 Å². The molecule has 298 valence electrons. The van der Waals surface area contributed by atoms with Crippen LogP contribution in [0.2, 0.25) is 0 Å². The number of anilines is 1. The molecule has 54 heavy (non-hydrogen) atoms. The van der Waals surface area contributed by atoms with Crippen LogP contribution < -0.4 is 10.6 Å². The molecule has 13 nitrogen and oxygen atoms in total. The van der Waals surface area contributed by atoms with Crippen molar-refractivity contribution in [2.45, 2.75) is 97.8 Å². The fourth-order valence-electron chi connectivity index (χ4n) is 11.1. The number of ketones is 1. The Labute approximate surface area is 325 Å². The number of esters is 1. The first kappa shape index (κ1) is 40.5. The third-order valence-electron chi connectivity index (χ3n) is 14.8. The van der Waals surface area contributed by atoms with Crippen LogP contribution in [0.15, 0.2) is 25.3 Å². The Hall–Kier alpha value is -3.13. The van der Waals surface area contributed by atoms with Crippen molar-refractivity contribution in [2.75, 3.05) is 57.3 Å². The zero-order valence-electron chi connectivity index (χ0n) is 32.6. The van der Waals surface area contributed by atoms with Gasteiger partial charge in [0.1, 0.15) is 18.2 Å². The summed E-state index contributed by atoms with van der Waals surface area (Å²) in [4.78, 5) is 60.7. The lowest BCUT2D eigenvalue weighted by molar-refractivity contribution is -0.207. The number of piperazine rings is 1. The van der Waals surface area contributed by atoms with Crippen LogP contribution in [0.4, 0.5) is 5.82 Å². The topological polar surface area (TPSA) is 160 Å². The first-order valence-electron chi connectivity index (χ1n) is 20.0. The van der Waals surface area contributed by atoms with Crippen LogP contribution in [0.1, 0.15) is 79.1 Å². The van der Waals surface area contributed by atoms with Gasteiger partial charge in [0.05, 0.1) is 19.0 Å². The Bertz CT molecular complexity index is 1710. The third-order valence-corrected chi connectivity index (χ3v) is 14.8. The smallest absolute Gasteiger partial charge is 0.320 e. The van der Waals surface area contributed by atoms with E-state index in [-0.39, 0.29) is 59.8 Å². The van der Waals surface area contributed by atoms with Gasteiger partial charge in [0, 0.05) is 75.4 Å². The van der Waals surface area contributed by atoms with Gasteiger partial charge in [0.2, 0.25) is 5.91 Å². The summed E-state index contributed by atoms with van der Waals surface area (Å²) < 4.78 is 8.40. The number of aliphatic hydroxyl groups is 1. The molecular formula is C40H61ClN8O5. The highest BCUT2D eigenvalue weighted by Crippen LogP contribution is 2.68. The molecule has 3 aliphatic carbocycles. The number of carbonyl (C=O) groups excluding carboxylic acids is 3. The molecule has 1 amide bonds. The molecule has 0 radical (unpaired) electrons. The van der Waals surface area contributed by atoms with Gasteiger partial charge in [-0.15, -0.1) is 19.0 Å². The minimum Gasteiger partial charge on any atom is -0.461 e. The number of fused-ring (bicyclic) bond motifs is 1. The number of imidazole rings is 1. The number of aromatic nitrogens is 4. The second-order valence-electron chi connectivity index (χ2n) is 17.4. The summed E-state index contributed by atoms with van der Waals surface area (Å²) >= 11 is 0. The van der Waals surface area contributed by atoms with Crippen molar-refractivity contribution in [1.29, 1.82) is 0 Å². The van der Waals surface area contributed by atoms with E-state index >= 15 is 0 Å². The van der Waals surface area contributed by atoms with E-state index in [0.29, 0.717) is 64.4 Å². The first-order chi connectivity index (χ1) is 25.3. The largest absolute Gasteiger partial charge is 0.461 e. The molecule has 0 unspecified atom stereocenters. The van der Waals surface area contributed by atoms with E-state index in [0.717, 1.165) is 62.2 Å². The quantitative estimate of drug-likeness (QED) is 0.282. The molecule has 4 heterocycles. The summed E-state index contributed by atoms with van der Waals surface area (Å²) in [6.45, 7) is 17.9. The van der Waals surface area contributed by atoms with Gasteiger partial charge in [-0.25, -0.2) is 15.0 Å². The minimum absolute atomic E-state index is 0. The number of carbonyl (C=O) groups is 3. The van der Waals surface area contributed by atoms with Crippen molar-refractivity contribution in [1.82, 2.24) is 29.3 Å². The molecule has 3 saturated carbocycles. The van der Waals surface area contributed by atoms with Crippen molar-refractivity contribution < 1.29 is 24.2 Å². The van der Waals surface area contributed by atoms with E-state index in [4.69, 9.17) is 10.5 Å². The summed E-state index contributed by atoms with van der Waals surface area (Å²) in [5.41, 5.74) is 5.86. The molecule has 7 rings (SSSR count). The highest BCUT2D eigenvalue weighted by Gasteiger charge is 2.68. The first-order valence-corrected chi connectivity index (χ1v) is 20.0. The molecule has 2 aromatic heterocycles. The van der Waals surface area contributed by atoms with Crippen LogP contribution in [0, 0.1) is 39.9 Å². The van der Waals surface area contributed by atoms with Gasteiger partial charge in [0.25, 0.3) is 0 Å². The Morgan fingerprint density at radius 1 is 1.06 bits per heavy atom. The summed E-state index contributed by atoms with van der Waals surface area (Å²) in [6.07, 6.45) is 9.87. The standard InChI is InChI=1S/C40H60N8O5.ClH/c1-6-38(4)21-30(39(5)26(2)7-12-40(27(3)35(38)52)13-8-29(49)34(39)40)53-32(51)23-45-17-19-46(20-18-45)31(50)11-16-48-25-44-33-36(42-24-43-37(33)48)47-14-9-28(22-41)10-15-47;/h6,24-28,30,34-35,52H,1,7-23,41H2,2-5H3;1H/t26-,27+,30-,34+,35+,38-,39+,40+;/m1./s1. The predicted molar refractivity (Wildman–Crippen MR) is 209 cm³/mol. The van der Waals surface area contributed by atoms with E-state index in [1.54, 1.807) is 12.7 Å². The van der Waals surface area contributed by atoms with Gasteiger partial charge in [-0.3, -0.25) is 19.3 Å². The SMILES string of the molecule is C=C[C@]1(C)C[C@@H](OC(=O)CN2CCN(C(=O)CCn3cnc4c(N5CCC(CN)CC5)ncnc43)CC2)[C@]2(C)[C@H](C)CC[C@]3(CCC(=O)[C@H]32)[C@@H](C)[C@@H]1O.Cl. The van der Waals surface area contributed by atoms with E-state index in [9.17, 15) is 19.5 Å². The Morgan fingerprint density at radius 3 is 2.46 bits per heavy atom. The van der Waals surface area contributed by atoms with Crippen molar-refractivity contribution in [3.63, 3.8) is 0 Å². The number of nitrogens with zero attached hydrogens (tertiary/aromatic N) is 7. The van der Waals surface area contributed by atoms with Gasteiger partial charge in [-0.05, 0) is 68.2 Å². The lowest BCUT2D eigenvalue weighted by atomic mass is 9.44. The highest BCUT2D eigenvalue weighted by molar-refractivity contribution is 5.86. The van der Waals surface area contributed by atoms with Gasteiger partial charge in [-0.1, -0.05) is 33.8 Å². The molecular weight excluding hydrogens is 708 g/mol. The molecule has 0 spiro atoms. The monoisotopic (exact) mass is 768 g/mol. The number of hydrogen-bond acceptors (Lipinski definition) is 11. The van der Waals surface area contributed by atoms with Crippen molar-refractivity contribution >= 4 is 47.0 Å². The molecule has 5 aliphatic rings. The number of piperidine rings is 1. The van der Waals surface area contributed by atoms with Gasteiger partial charge in [0.15, 0.2) is 17.0 Å². The second kappa shape index (κ2) is 15.8. The number of hydrogen-bond donors (Lipinski definition) is 2. The number of ether oxygens (including phenoxy) is 1. The number of halogens is 1. The number of nitrogens with two attached hydrogens (primary N) is 1. The maximum absolute atomic E-state index is 13.8. The lowest BCUT2D eigenvalue weighted by Crippen LogP contribution is -2.63. The molecule has 8 atom stereocenters. The predicted octanol–water partition coefficient (Wildman–Crippen LogP) is 3.86. The van der Waals surface area contributed by atoms with E-state index in [2.05, 4.69) is 52.1 Å². The second-order valence-corrected chi connectivity index (χ2v) is 17.4. The maximum Gasteiger partial charge on any atom is 0.320 e. The normalized spacial score (nSPS) is 34.9. The van der Waals surface area contributed by atoms with Crippen LogP contribution in [0.25, 0.3) is 11.2 Å². The molecule has 14 heteroatoms. The average molecular weight is 769 g/mol. The van der Waals surface area contributed by atoms with Crippen molar-refractivity contribution in [3.8, 4) is 0 Å². The Morgan fingerprint density at radius 2 is 1.78 bits per heavy atom. The number of aliphatic hydroxyl groups excluding tert-OH is 1. The molecule has 2 saturated heterocycles. The van der Waals surface area contributed by atoms with Crippen molar-refractivity contribution in [2.24, 2.45) is 45.7 Å². The van der Waals surface area contributed by atoms with Crippen LogP contribution in [-0.4, -0.2) is 117 Å². The maximum atomic E-state index is 13.8. The summed E-state index contributed by atoms with van der Waals surface area (Å²) in [6, 6.07) is 0. The lowest BCUT2D eigenvalue weighted by Gasteiger charge is -2.61. The molecule has 0 aromatic carbocycles. The average Bonchev–Trinajstić information content (AvgIpc) is 3.75. The van der Waals surface area contributed by atoms with Gasteiger partial charge in [-0.2, -0.15) is 0 Å². The molecule has 2 aromatic rings. The van der Waals surface area contributed by atoms with Gasteiger partial charge >= 0.3 is 5.97 Å². The zero-order valence-corrected chi connectivity index (χ0v) is 33.4. The number of aryl methyl sites for hydroxylation is 1. The summed E-state index contributed by atoms with van der Waals surface area (Å²) in [7, 11) is 0. The van der Waals surface area contributed by atoms with Crippen LogP contribution in [0.3, 0.4) is 0 Å². The number of rotatable bonds is 9. The Kier molecular flexibility index (Phi) is 11.8. The van der Waals surface area contributed by atoms with Crippen LogP contribution in [-0.2, 0) is 25.7 Å². The molecule has 2 bridgehead atoms. The molecule has 2 aliphatic heterocycles. The number of amides is 1. The number of Topliss-reactive ketones (excluding diaryl/α,β-unsaturated/α-hetero) is 1. The minimum atomic E-state index is -0.694. The van der Waals surface area contributed by atoms with Gasteiger partial charge < -0.3 is 29.9 Å². The summed E-state index contributed by atoms with van der Waals surface area (Å²) in [5, 5.41) is 11.8. The van der Waals surface area contributed by atoms with E-state index < -0.39 is 23.0 Å². The van der Waals surface area contributed by atoms with E-state index in [1.165, 1.54) is 0 Å². The van der Waals surface area contributed by atoms with Crippen LogP contribution in [0.5, 0.6) is 0 Å². The molecule has 5 fully saturated rings.